The van der Waals surface area contributed by atoms with Crippen LogP contribution in [0, 0.1) is 16.0 Å². The van der Waals surface area contributed by atoms with Crippen LogP contribution in [0.1, 0.15) is 36.0 Å². The lowest BCUT2D eigenvalue weighted by atomic mass is 9.97. The molecule has 1 aromatic carbocycles. The van der Waals surface area contributed by atoms with Crippen molar-refractivity contribution in [3.63, 3.8) is 0 Å². The van der Waals surface area contributed by atoms with Gasteiger partial charge in [0.1, 0.15) is 5.69 Å². The van der Waals surface area contributed by atoms with Gasteiger partial charge >= 0.3 is 5.97 Å². The van der Waals surface area contributed by atoms with Crippen LogP contribution in [0.5, 0.6) is 0 Å². The molecule has 1 N–H and O–H groups in total. The number of amides is 1. The molecule has 1 amide bonds. The van der Waals surface area contributed by atoms with Crippen LogP contribution < -0.4 is 4.90 Å². The minimum Gasteiger partial charge on any atom is -0.481 e. The average Bonchev–Trinajstić information content (AvgIpc) is 3.15. The molecule has 0 aromatic heterocycles. The van der Waals surface area contributed by atoms with E-state index in [1.807, 2.05) is 4.90 Å². The Morgan fingerprint density at radius 3 is 2.52 bits per heavy atom. The van der Waals surface area contributed by atoms with Crippen LogP contribution in [0.2, 0.25) is 0 Å². The fraction of sp³-hybridized carbons (Fsp3) is 0.529. The van der Waals surface area contributed by atoms with E-state index in [9.17, 15) is 19.7 Å². The Hall–Kier alpha value is -2.64. The summed E-state index contributed by atoms with van der Waals surface area (Å²) in [6.07, 6.45) is 3.17. The summed E-state index contributed by atoms with van der Waals surface area (Å²) in [7, 11) is 0. The van der Waals surface area contributed by atoms with Crippen molar-refractivity contribution in [1.29, 1.82) is 0 Å². The number of nitro groups is 1. The highest BCUT2D eigenvalue weighted by Crippen LogP contribution is 2.32. The van der Waals surface area contributed by atoms with Gasteiger partial charge in [-0.3, -0.25) is 19.7 Å². The maximum absolute atomic E-state index is 12.7. The first-order valence-corrected chi connectivity index (χ1v) is 8.53. The van der Waals surface area contributed by atoms with E-state index in [2.05, 4.69) is 0 Å². The molecule has 0 spiro atoms. The number of carboxylic acids is 1. The lowest BCUT2D eigenvalue weighted by Gasteiger charge is -2.30. The lowest BCUT2D eigenvalue weighted by molar-refractivity contribution is -0.384. The van der Waals surface area contributed by atoms with Crippen molar-refractivity contribution in [2.45, 2.75) is 25.7 Å². The van der Waals surface area contributed by atoms with Crippen LogP contribution in [-0.4, -0.2) is 53.0 Å². The molecule has 8 heteroatoms. The smallest absolute Gasteiger partial charge is 0.308 e. The minimum atomic E-state index is -0.909. The van der Waals surface area contributed by atoms with E-state index < -0.39 is 16.8 Å². The van der Waals surface area contributed by atoms with Gasteiger partial charge in [0.05, 0.1) is 10.8 Å². The van der Waals surface area contributed by atoms with Crippen molar-refractivity contribution in [2.24, 2.45) is 5.92 Å². The number of aliphatic carboxylic acids is 1. The zero-order chi connectivity index (χ0) is 18.0. The van der Waals surface area contributed by atoms with Crippen molar-refractivity contribution >= 4 is 23.3 Å². The van der Waals surface area contributed by atoms with Crippen molar-refractivity contribution in [3.8, 4) is 0 Å². The Balaban J connectivity index is 1.84. The quantitative estimate of drug-likeness (QED) is 0.661. The van der Waals surface area contributed by atoms with Gasteiger partial charge in [-0.05, 0) is 37.8 Å². The monoisotopic (exact) mass is 347 g/mol. The number of anilines is 1. The molecular formula is C17H21N3O5. The van der Waals surface area contributed by atoms with Gasteiger partial charge in [-0.2, -0.15) is 0 Å². The molecule has 2 aliphatic heterocycles. The number of hydrogen-bond donors (Lipinski definition) is 1. The molecule has 0 bridgehead atoms. The second-order valence-electron chi connectivity index (χ2n) is 6.58. The predicted molar refractivity (Wildman–Crippen MR) is 90.8 cm³/mol. The summed E-state index contributed by atoms with van der Waals surface area (Å²) in [5.41, 5.74) is 0.710. The third-order valence-electron chi connectivity index (χ3n) is 4.92. The van der Waals surface area contributed by atoms with Gasteiger partial charge in [0.2, 0.25) is 0 Å². The molecule has 134 valence electrons. The molecule has 0 radical (unpaired) electrons. The number of benzene rings is 1. The number of nitrogens with zero attached hydrogens (tertiary/aromatic N) is 3. The number of carbonyl (C=O) groups excluding carboxylic acids is 1. The minimum absolute atomic E-state index is 0.0699. The number of piperidine rings is 1. The van der Waals surface area contributed by atoms with Crippen molar-refractivity contribution < 1.29 is 19.6 Å². The van der Waals surface area contributed by atoms with Gasteiger partial charge in [-0.25, -0.2) is 0 Å². The normalized spacial score (nSPS) is 20.6. The molecule has 2 saturated heterocycles. The summed E-state index contributed by atoms with van der Waals surface area (Å²) in [5.74, 6) is -1.83. The number of nitro benzene ring substituents is 1. The van der Waals surface area contributed by atoms with E-state index in [-0.39, 0.29) is 23.7 Å². The summed E-state index contributed by atoms with van der Waals surface area (Å²) >= 11 is 0. The zero-order valence-electron chi connectivity index (χ0n) is 13.9. The first-order chi connectivity index (χ1) is 12.0. The fourth-order valence-corrected chi connectivity index (χ4v) is 3.57. The fourth-order valence-electron chi connectivity index (χ4n) is 3.57. The predicted octanol–water partition coefficient (Wildman–Crippen LogP) is 2.13. The second-order valence-corrected chi connectivity index (χ2v) is 6.58. The Bertz CT molecular complexity index is 700. The Morgan fingerprint density at radius 1 is 1.16 bits per heavy atom. The van der Waals surface area contributed by atoms with Crippen LogP contribution in [0.25, 0.3) is 0 Å². The van der Waals surface area contributed by atoms with E-state index in [0.29, 0.717) is 25.1 Å². The number of carboxylic acid groups (broad SMARTS) is 1. The topological polar surface area (TPSA) is 104 Å². The summed E-state index contributed by atoms with van der Waals surface area (Å²) < 4.78 is 0. The first-order valence-electron chi connectivity index (χ1n) is 8.53. The van der Waals surface area contributed by atoms with Gasteiger partial charge in [-0.1, -0.05) is 0 Å². The van der Waals surface area contributed by atoms with Crippen molar-refractivity contribution in [3.05, 3.63) is 33.9 Å². The van der Waals surface area contributed by atoms with E-state index in [1.165, 1.54) is 11.0 Å². The number of carbonyl (C=O) groups is 2. The Kier molecular flexibility index (Phi) is 4.87. The third kappa shape index (κ3) is 3.57. The maximum Gasteiger partial charge on any atom is 0.308 e. The lowest BCUT2D eigenvalue weighted by Crippen LogP contribution is -2.42. The van der Waals surface area contributed by atoms with Gasteiger partial charge in [0, 0.05) is 37.8 Å². The number of rotatable bonds is 4. The third-order valence-corrected chi connectivity index (χ3v) is 4.92. The van der Waals surface area contributed by atoms with E-state index >= 15 is 0 Å². The van der Waals surface area contributed by atoms with Crippen molar-refractivity contribution in [2.75, 3.05) is 31.1 Å². The molecule has 0 aliphatic carbocycles. The maximum atomic E-state index is 12.7. The highest BCUT2D eigenvalue weighted by Gasteiger charge is 2.30. The summed E-state index contributed by atoms with van der Waals surface area (Å²) in [6, 6.07) is 4.56. The average molecular weight is 347 g/mol. The van der Waals surface area contributed by atoms with Gasteiger partial charge < -0.3 is 14.9 Å². The van der Waals surface area contributed by atoms with Crippen LogP contribution in [0.15, 0.2) is 18.2 Å². The SMILES string of the molecule is O=C(O)[C@H]1CCCN(C(=O)c2ccc(N3CCCC3)c([N+](=O)[O-])c2)C1. The standard InChI is InChI=1S/C17H21N3O5/c21-16(19-9-3-4-13(11-19)17(22)23)12-5-6-14(15(10-12)20(24)25)18-7-1-2-8-18/h5-6,10,13H,1-4,7-9,11H2,(H,22,23)/t13-/m0/s1. The van der Waals surface area contributed by atoms with E-state index in [1.54, 1.807) is 12.1 Å². The van der Waals surface area contributed by atoms with Crippen LogP contribution in [0.3, 0.4) is 0 Å². The molecule has 25 heavy (non-hydrogen) atoms. The second kappa shape index (κ2) is 7.08. The molecule has 2 heterocycles. The van der Waals surface area contributed by atoms with Gasteiger partial charge in [0.25, 0.3) is 11.6 Å². The van der Waals surface area contributed by atoms with Gasteiger partial charge in [0.15, 0.2) is 0 Å². The molecular weight excluding hydrogens is 326 g/mol. The number of hydrogen-bond acceptors (Lipinski definition) is 5. The van der Waals surface area contributed by atoms with E-state index in [4.69, 9.17) is 5.11 Å². The molecule has 1 aromatic rings. The largest absolute Gasteiger partial charge is 0.481 e. The summed E-state index contributed by atoms with van der Waals surface area (Å²) in [6.45, 7) is 2.18. The van der Waals surface area contributed by atoms with E-state index in [0.717, 1.165) is 25.9 Å². The summed E-state index contributed by atoms with van der Waals surface area (Å²) in [5, 5.41) is 20.6. The molecule has 0 saturated carbocycles. The molecule has 2 fully saturated rings. The first kappa shape index (κ1) is 17.2. The van der Waals surface area contributed by atoms with Crippen LogP contribution in [0.4, 0.5) is 11.4 Å². The van der Waals surface area contributed by atoms with Crippen molar-refractivity contribution in [1.82, 2.24) is 4.90 Å². The Morgan fingerprint density at radius 2 is 1.88 bits per heavy atom. The molecule has 0 unspecified atom stereocenters. The van der Waals surface area contributed by atoms with Crippen LogP contribution in [-0.2, 0) is 4.79 Å². The molecule has 8 nitrogen and oxygen atoms in total. The molecule has 2 aliphatic rings. The zero-order valence-corrected chi connectivity index (χ0v) is 13.9. The number of likely N-dealkylation sites (tertiary alicyclic amines) is 1. The highest BCUT2D eigenvalue weighted by molar-refractivity contribution is 5.96. The Labute approximate surface area is 145 Å². The van der Waals surface area contributed by atoms with Gasteiger partial charge in [-0.15, -0.1) is 0 Å². The summed E-state index contributed by atoms with van der Waals surface area (Å²) in [4.78, 5) is 38.3. The molecule has 3 rings (SSSR count). The van der Waals surface area contributed by atoms with Crippen LogP contribution >= 0.6 is 0 Å². The molecule has 1 atom stereocenters. The highest BCUT2D eigenvalue weighted by atomic mass is 16.6.